The van der Waals surface area contributed by atoms with Crippen LogP contribution in [0.15, 0.2) is 18.2 Å². The van der Waals surface area contributed by atoms with E-state index in [1.54, 1.807) is 13.0 Å². The SMILES string of the molecule is CCOC(=O)c1cccc(CCC#N)c1C. The van der Waals surface area contributed by atoms with Crippen molar-refractivity contribution in [2.24, 2.45) is 0 Å². The van der Waals surface area contributed by atoms with Gasteiger partial charge in [0.15, 0.2) is 0 Å². The maximum atomic E-state index is 11.6. The fourth-order valence-corrected chi connectivity index (χ4v) is 1.57. The van der Waals surface area contributed by atoms with E-state index < -0.39 is 0 Å². The van der Waals surface area contributed by atoms with Gasteiger partial charge in [0.05, 0.1) is 18.2 Å². The van der Waals surface area contributed by atoms with Crippen molar-refractivity contribution in [2.75, 3.05) is 6.61 Å². The van der Waals surface area contributed by atoms with E-state index in [0.717, 1.165) is 11.1 Å². The monoisotopic (exact) mass is 217 g/mol. The van der Waals surface area contributed by atoms with Gasteiger partial charge in [0, 0.05) is 6.42 Å². The maximum absolute atomic E-state index is 11.6. The lowest BCUT2D eigenvalue weighted by Gasteiger charge is -2.09. The van der Waals surface area contributed by atoms with Crippen LogP contribution < -0.4 is 0 Å². The average Bonchev–Trinajstić information content (AvgIpc) is 2.28. The van der Waals surface area contributed by atoms with E-state index in [1.165, 1.54) is 0 Å². The quantitative estimate of drug-likeness (QED) is 0.728. The highest BCUT2D eigenvalue weighted by atomic mass is 16.5. The fraction of sp³-hybridized carbons (Fsp3) is 0.385. The Morgan fingerprint density at radius 3 is 2.88 bits per heavy atom. The van der Waals surface area contributed by atoms with Crippen molar-refractivity contribution in [1.82, 2.24) is 0 Å². The lowest BCUT2D eigenvalue weighted by Crippen LogP contribution is -2.08. The molecule has 0 spiro atoms. The molecule has 16 heavy (non-hydrogen) atoms. The molecule has 0 aliphatic carbocycles. The number of benzene rings is 1. The minimum absolute atomic E-state index is 0.293. The molecule has 0 fully saturated rings. The predicted octanol–water partition coefficient (Wildman–Crippen LogP) is 2.63. The Bertz CT molecular complexity index is 418. The molecule has 84 valence electrons. The summed E-state index contributed by atoms with van der Waals surface area (Å²) in [5, 5.41) is 8.54. The number of ether oxygens (including phenoxy) is 1. The minimum Gasteiger partial charge on any atom is -0.462 e. The normalized spacial score (nSPS) is 9.56. The Morgan fingerprint density at radius 2 is 2.25 bits per heavy atom. The third-order valence-electron chi connectivity index (χ3n) is 2.45. The van der Waals surface area contributed by atoms with Crippen molar-refractivity contribution in [3.8, 4) is 6.07 Å². The lowest BCUT2D eigenvalue weighted by molar-refractivity contribution is 0.0525. The van der Waals surface area contributed by atoms with Gasteiger partial charge in [-0.3, -0.25) is 0 Å². The van der Waals surface area contributed by atoms with Crippen LogP contribution in [0.4, 0.5) is 0 Å². The van der Waals surface area contributed by atoms with E-state index in [2.05, 4.69) is 6.07 Å². The molecule has 1 rings (SSSR count). The summed E-state index contributed by atoms with van der Waals surface area (Å²) < 4.78 is 4.96. The van der Waals surface area contributed by atoms with Gasteiger partial charge in [0.1, 0.15) is 0 Å². The van der Waals surface area contributed by atoms with E-state index in [4.69, 9.17) is 10.00 Å². The Balaban J connectivity index is 2.95. The molecule has 0 saturated carbocycles. The molecular formula is C13H15NO2. The topological polar surface area (TPSA) is 50.1 Å². The first-order valence-corrected chi connectivity index (χ1v) is 5.33. The van der Waals surface area contributed by atoms with Crippen LogP contribution in [-0.4, -0.2) is 12.6 Å². The highest BCUT2D eigenvalue weighted by Crippen LogP contribution is 2.16. The second-order valence-corrected chi connectivity index (χ2v) is 3.47. The first kappa shape index (κ1) is 12.3. The maximum Gasteiger partial charge on any atom is 0.338 e. The van der Waals surface area contributed by atoms with Crippen LogP contribution in [-0.2, 0) is 11.2 Å². The Morgan fingerprint density at radius 1 is 1.50 bits per heavy atom. The average molecular weight is 217 g/mol. The minimum atomic E-state index is -0.293. The molecule has 0 amide bonds. The molecule has 0 atom stereocenters. The number of nitrogens with zero attached hydrogens (tertiary/aromatic N) is 1. The molecule has 0 unspecified atom stereocenters. The summed E-state index contributed by atoms with van der Waals surface area (Å²) in [4.78, 5) is 11.6. The van der Waals surface area contributed by atoms with Crippen LogP contribution in [0.1, 0.15) is 34.8 Å². The number of nitriles is 1. The van der Waals surface area contributed by atoms with Crippen molar-refractivity contribution < 1.29 is 9.53 Å². The van der Waals surface area contributed by atoms with Crippen molar-refractivity contribution in [3.05, 3.63) is 34.9 Å². The molecule has 0 aromatic heterocycles. The van der Waals surface area contributed by atoms with Crippen molar-refractivity contribution in [2.45, 2.75) is 26.7 Å². The Hall–Kier alpha value is -1.82. The fourth-order valence-electron chi connectivity index (χ4n) is 1.57. The van der Waals surface area contributed by atoms with E-state index in [-0.39, 0.29) is 5.97 Å². The molecule has 0 aliphatic rings. The number of hydrogen-bond acceptors (Lipinski definition) is 3. The van der Waals surface area contributed by atoms with Crippen LogP contribution in [0.5, 0.6) is 0 Å². The first-order chi connectivity index (χ1) is 7.70. The van der Waals surface area contributed by atoms with Crippen LogP contribution >= 0.6 is 0 Å². The van der Waals surface area contributed by atoms with Gasteiger partial charge in [-0.2, -0.15) is 5.26 Å². The van der Waals surface area contributed by atoms with Gasteiger partial charge in [-0.25, -0.2) is 4.79 Å². The second kappa shape index (κ2) is 5.92. The zero-order chi connectivity index (χ0) is 12.0. The first-order valence-electron chi connectivity index (χ1n) is 5.33. The molecule has 0 bridgehead atoms. The number of aryl methyl sites for hydroxylation is 1. The van der Waals surface area contributed by atoms with E-state index in [9.17, 15) is 4.79 Å². The molecule has 0 radical (unpaired) electrons. The van der Waals surface area contributed by atoms with Gasteiger partial charge in [-0.05, 0) is 37.5 Å². The summed E-state index contributed by atoms with van der Waals surface area (Å²) in [5.74, 6) is -0.293. The smallest absolute Gasteiger partial charge is 0.338 e. The zero-order valence-corrected chi connectivity index (χ0v) is 9.62. The predicted molar refractivity (Wildman–Crippen MR) is 61.1 cm³/mol. The Kier molecular flexibility index (Phi) is 4.53. The molecule has 1 aromatic carbocycles. The number of esters is 1. The largest absolute Gasteiger partial charge is 0.462 e. The highest BCUT2D eigenvalue weighted by Gasteiger charge is 2.11. The van der Waals surface area contributed by atoms with E-state index in [0.29, 0.717) is 25.0 Å². The number of carbonyl (C=O) groups excluding carboxylic acids is 1. The molecule has 3 heteroatoms. The number of rotatable bonds is 4. The summed E-state index contributed by atoms with van der Waals surface area (Å²) in [6, 6.07) is 7.62. The van der Waals surface area contributed by atoms with E-state index in [1.807, 2.05) is 19.1 Å². The van der Waals surface area contributed by atoms with Crippen LogP contribution in [0.3, 0.4) is 0 Å². The molecule has 0 saturated heterocycles. The number of carbonyl (C=O) groups is 1. The van der Waals surface area contributed by atoms with Gasteiger partial charge < -0.3 is 4.74 Å². The van der Waals surface area contributed by atoms with Gasteiger partial charge in [-0.1, -0.05) is 12.1 Å². The molecule has 3 nitrogen and oxygen atoms in total. The van der Waals surface area contributed by atoms with Crippen LogP contribution in [0.2, 0.25) is 0 Å². The molecule has 1 aromatic rings. The standard InChI is InChI=1S/C13H15NO2/c1-3-16-13(15)12-8-4-6-11(10(12)2)7-5-9-14/h4,6,8H,3,5,7H2,1-2H3. The Labute approximate surface area is 95.7 Å². The van der Waals surface area contributed by atoms with Gasteiger partial charge in [0.2, 0.25) is 0 Å². The zero-order valence-electron chi connectivity index (χ0n) is 9.62. The lowest BCUT2D eigenvalue weighted by atomic mass is 9.99. The molecule has 0 heterocycles. The molecular weight excluding hydrogens is 202 g/mol. The van der Waals surface area contributed by atoms with Crippen LogP contribution in [0, 0.1) is 18.3 Å². The molecule has 0 aliphatic heterocycles. The van der Waals surface area contributed by atoms with Crippen molar-refractivity contribution in [1.29, 1.82) is 5.26 Å². The summed E-state index contributed by atoms with van der Waals surface area (Å²) in [6.07, 6.45) is 1.14. The number of hydrogen-bond donors (Lipinski definition) is 0. The summed E-state index contributed by atoms with van der Waals surface area (Å²) in [6.45, 7) is 4.05. The third kappa shape index (κ3) is 2.83. The second-order valence-electron chi connectivity index (χ2n) is 3.47. The van der Waals surface area contributed by atoms with Gasteiger partial charge >= 0.3 is 5.97 Å². The molecule has 0 N–H and O–H groups in total. The van der Waals surface area contributed by atoms with Gasteiger partial charge in [-0.15, -0.1) is 0 Å². The highest BCUT2D eigenvalue weighted by molar-refractivity contribution is 5.91. The van der Waals surface area contributed by atoms with E-state index >= 15 is 0 Å². The van der Waals surface area contributed by atoms with Crippen molar-refractivity contribution in [3.63, 3.8) is 0 Å². The summed E-state index contributed by atoms with van der Waals surface area (Å²) >= 11 is 0. The van der Waals surface area contributed by atoms with Crippen LogP contribution in [0.25, 0.3) is 0 Å². The summed E-state index contributed by atoms with van der Waals surface area (Å²) in [7, 11) is 0. The van der Waals surface area contributed by atoms with Crippen molar-refractivity contribution >= 4 is 5.97 Å². The van der Waals surface area contributed by atoms with Gasteiger partial charge in [0.25, 0.3) is 0 Å². The summed E-state index contributed by atoms with van der Waals surface area (Å²) in [5.41, 5.74) is 2.54. The third-order valence-corrected chi connectivity index (χ3v) is 2.45.